The maximum Gasteiger partial charge on any atom is 0.223 e. The van der Waals surface area contributed by atoms with Gasteiger partial charge in [0.15, 0.2) is 0 Å². The molecule has 1 aromatic rings. The first-order chi connectivity index (χ1) is 12.7. The summed E-state index contributed by atoms with van der Waals surface area (Å²) in [6, 6.07) is 7.89. The van der Waals surface area contributed by atoms with Gasteiger partial charge < -0.3 is 10.1 Å². The first-order valence-corrected chi connectivity index (χ1v) is 10.2. The standard InChI is InChI=1S/C23H32N2O2/c1-15-13-18(12-11-17(15)14-24)27-21-22(2,3)20(23(21,4)5)25-19(26)16-9-7-6-8-10-16/h11-13,16,20-21H,6-10H2,1-5H3,(H,25,26). The van der Waals surface area contributed by atoms with E-state index in [4.69, 9.17) is 10.00 Å². The highest BCUT2D eigenvalue weighted by atomic mass is 16.5. The van der Waals surface area contributed by atoms with Gasteiger partial charge in [0.05, 0.1) is 11.6 Å². The van der Waals surface area contributed by atoms with Crippen molar-refractivity contribution in [1.82, 2.24) is 5.32 Å². The molecule has 4 nitrogen and oxygen atoms in total. The maximum absolute atomic E-state index is 12.8. The number of nitriles is 1. The highest BCUT2D eigenvalue weighted by Crippen LogP contribution is 2.55. The summed E-state index contributed by atoms with van der Waals surface area (Å²) in [4.78, 5) is 12.8. The quantitative estimate of drug-likeness (QED) is 0.834. The molecule has 0 aliphatic heterocycles. The number of amides is 1. The summed E-state index contributed by atoms with van der Waals surface area (Å²) in [7, 11) is 0. The van der Waals surface area contributed by atoms with Crippen LogP contribution in [0, 0.1) is 35.0 Å². The molecule has 146 valence electrons. The Hall–Kier alpha value is -2.02. The number of hydrogen-bond acceptors (Lipinski definition) is 3. The van der Waals surface area contributed by atoms with Crippen LogP contribution in [0.4, 0.5) is 0 Å². The lowest BCUT2D eigenvalue weighted by molar-refractivity contribution is -0.175. The van der Waals surface area contributed by atoms with Crippen LogP contribution in [0.25, 0.3) is 0 Å². The second-order valence-electron chi connectivity index (χ2n) is 9.51. The molecule has 0 saturated heterocycles. The predicted octanol–water partition coefficient (Wildman–Crippen LogP) is 4.75. The van der Waals surface area contributed by atoms with Gasteiger partial charge >= 0.3 is 0 Å². The Balaban J connectivity index is 1.71. The third-order valence-corrected chi connectivity index (χ3v) is 6.67. The van der Waals surface area contributed by atoms with Crippen molar-refractivity contribution < 1.29 is 9.53 Å². The molecule has 0 atom stereocenters. The fraction of sp³-hybridized carbons (Fsp3) is 0.652. The molecule has 27 heavy (non-hydrogen) atoms. The van der Waals surface area contributed by atoms with Gasteiger partial charge in [0.1, 0.15) is 11.9 Å². The molecule has 3 rings (SSSR count). The monoisotopic (exact) mass is 368 g/mol. The van der Waals surface area contributed by atoms with E-state index in [1.807, 2.05) is 25.1 Å². The first-order valence-electron chi connectivity index (χ1n) is 10.2. The van der Waals surface area contributed by atoms with Crippen molar-refractivity contribution in [1.29, 1.82) is 5.26 Å². The zero-order valence-electron chi connectivity index (χ0n) is 17.3. The second-order valence-corrected chi connectivity index (χ2v) is 9.51. The number of nitrogens with one attached hydrogen (secondary N) is 1. The van der Waals surface area contributed by atoms with Gasteiger partial charge in [-0.15, -0.1) is 0 Å². The number of carbonyl (C=O) groups is 1. The lowest BCUT2D eigenvalue weighted by Crippen LogP contribution is -2.75. The summed E-state index contributed by atoms with van der Waals surface area (Å²) in [6.45, 7) is 10.6. The normalized spacial score (nSPS) is 26.5. The molecule has 0 unspecified atom stereocenters. The van der Waals surface area contributed by atoms with Crippen molar-refractivity contribution >= 4 is 5.91 Å². The van der Waals surface area contributed by atoms with E-state index < -0.39 is 0 Å². The van der Waals surface area contributed by atoms with Crippen molar-refractivity contribution in [2.45, 2.75) is 78.9 Å². The molecular weight excluding hydrogens is 336 g/mol. The van der Waals surface area contributed by atoms with E-state index in [9.17, 15) is 4.79 Å². The Morgan fingerprint density at radius 1 is 1.15 bits per heavy atom. The van der Waals surface area contributed by atoms with E-state index in [-0.39, 0.29) is 34.8 Å². The van der Waals surface area contributed by atoms with E-state index in [0.29, 0.717) is 5.56 Å². The highest BCUT2D eigenvalue weighted by molar-refractivity contribution is 5.79. The predicted molar refractivity (Wildman–Crippen MR) is 106 cm³/mol. The fourth-order valence-corrected chi connectivity index (χ4v) is 5.40. The summed E-state index contributed by atoms with van der Waals surface area (Å²) < 4.78 is 6.36. The van der Waals surface area contributed by atoms with Crippen LogP contribution in [0.2, 0.25) is 0 Å². The van der Waals surface area contributed by atoms with Crippen LogP contribution in [-0.2, 0) is 4.79 Å². The summed E-state index contributed by atoms with van der Waals surface area (Å²) in [5.74, 6) is 1.18. The van der Waals surface area contributed by atoms with Gasteiger partial charge in [0.25, 0.3) is 0 Å². The summed E-state index contributed by atoms with van der Waals surface area (Å²) in [5.41, 5.74) is 1.28. The van der Waals surface area contributed by atoms with E-state index in [1.54, 1.807) is 0 Å². The lowest BCUT2D eigenvalue weighted by atomic mass is 9.49. The zero-order chi connectivity index (χ0) is 19.8. The number of carbonyl (C=O) groups excluding carboxylic acids is 1. The Labute approximate surface area is 163 Å². The van der Waals surface area contributed by atoms with Crippen LogP contribution in [0.15, 0.2) is 18.2 Å². The van der Waals surface area contributed by atoms with Gasteiger partial charge in [-0.2, -0.15) is 5.26 Å². The van der Waals surface area contributed by atoms with Gasteiger partial charge in [-0.3, -0.25) is 4.79 Å². The summed E-state index contributed by atoms with van der Waals surface area (Å²) >= 11 is 0. The Kier molecular flexibility index (Phi) is 5.25. The SMILES string of the molecule is Cc1cc(OC2C(C)(C)C(NC(=O)C3CCCCC3)C2(C)C)ccc1C#N. The lowest BCUT2D eigenvalue weighted by Gasteiger charge is -2.63. The van der Waals surface area contributed by atoms with Gasteiger partial charge in [0.2, 0.25) is 5.91 Å². The molecule has 4 heteroatoms. The topological polar surface area (TPSA) is 62.1 Å². The van der Waals surface area contributed by atoms with Crippen LogP contribution in [-0.4, -0.2) is 18.1 Å². The number of benzene rings is 1. The maximum atomic E-state index is 12.8. The molecule has 2 aliphatic carbocycles. The molecule has 0 spiro atoms. The van der Waals surface area contributed by atoms with Crippen LogP contribution < -0.4 is 10.1 Å². The molecule has 2 fully saturated rings. The molecule has 1 N–H and O–H groups in total. The zero-order valence-corrected chi connectivity index (χ0v) is 17.3. The van der Waals surface area contributed by atoms with Gasteiger partial charge in [-0.1, -0.05) is 47.0 Å². The largest absolute Gasteiger partial charge is 0.489 e. The van der Waals surface area contributed by atoms with Crippen molar-refractivity contribution in [2.75, 3.05) is 0 Å². The molecule has 1 aromatic carbocycles. The van der Waals surface area contributed by atoms with Crippen molar-refractivity contribution in [2.24, 2.45) is 16.7 Å². The number of rotatable bonds is 4. The van der Waals surface area contributed by atoms with Crippen LogP contribution >= 0.6 is 0 Å². The van der Waals surface area contributed by atoms with Crippen molar-refractivity contribution in [3.05, 3.63) is 29.3 Å². The van der Waals surface area contributed by atoms with E-state index in [2.05, 4.69) is 39.1 Å². The van der Waals surface area contributed by atoms with Crippen LogP contribution in [0.5, 0.6) is 5.75 Å². The summed E-state index contributed by atoms with van der Waals surface area (Å²) in [6.07, 6.45) is 5.62. The number of nitrogens with zero attached hydrogens (tertiary/aromatic N) is 1. The molecule has 0 heterocycles. The minimum atomic E-state index is -0.157. The smallest absolute Gasteiger partial charge is 0.223 e. The van der Waals surface area contributed by atoms with E-state index in [0.717, 1.165) is 24.2 Å². The number of hydrogen-bond donors (Lipinski definition) is 1. The molecule has 1 amide bonds. The van der Waals surface area contributed by atoms with E-state index >= 15 is 0 Å². The first kappa shape index (κ1) is 19.7. The molecule has 0 bridgehead atoms. The second kappa shape index (κ2) is 7.19. The fourth-order valence-electron chi connectivity index (χ4n) is 5.40. The number of ether oxygens (including phenoxy) is 1. The average molecular weight is 369 g/mol. The minimum Gasteiger partial charge on any atom is -0.489 e. The van der Waals surface area contributed by atoms with Gasteiger partial charge in [-0.25, -0.2) is 0 Å². The molecule has 0 aromatic heterocycles. The Morgan fingerprint density at radius 3 is 2.33 bits per heavy atom. The Morgan fingerprint density at radius 2 is 1.78 bits per heavy atom. The van der Waals surface area contributed by atoms with Gasteiger partial charge in [0, 0.05) is 22.8 Å². The highest BCUT2D eigenvalue weighted by Gasteiger charge is 2.64. The van der Waals surface area contributed by atoms with E-state index in [1.165, 1.54) is 19.3 Å². The van der Waals surface area contributed by atoms with Crippen LogP contribution in [0.3, 0.4) is 0 Å². The average Bonchev–Trinajstić information content (AvgIpc) is 2.64. The summed E-state index contributed by atoms with van der Waals surface area (Å²) in [5, 5.41) is 12.5. The van der Waals surface area contributed by atoms with Crippen molar-refractivity contribution in [3.8, 4) is 11.8 Å². The number of aryl methyl sites for hydroxylation is 1. The third kappa shape index (κ3) is 3.57. The minimum absolute atomic E-state index is 0.00556. The molecule has 2 aliphatic rings. The Bertz CT molecular complexity index is 738. The van der Waals surface area contributed by atoms with Crippen LogP contribution in [0.1, 0.15) is 70.9 Å². The molecule has 2 saturated carbocycles. The molecular formula is C23H32N2O2. The van der Waals surface area contributed by atoms with Gasteiger partial charge in [-0.05, 0) is 43.5 Å². The third-order valence-electron chi connectivity index (χ3n) is 6.67. The molecule has 0 radical (unpaired) electrons. The van der Waals surface area contributed by atoms with Crippen molar-refractivity contribution in [3.63, 3.8) is 0 Å².